The van der Waals surface area contributed by atoms with E-state index in [2.05, 4.69) is 15.5 Å². The van der Waals surface area contributed by atoms with E-state index in [0.717, 1.165) is 35.2 Å². The number of aromatic nitrogens is 4. The van der Waals surface area contributed by atoms with Gasteiger partial charge in [-0.25, -0.2) is 9.36 Å². The molecule has 8 heteroatoms. The fourth-order valence-corrected chi connectivity index (χ4v) is 3.70. The van der Waals surface area contributed by atoms with Crippen molar-refractivity contribution in [1.29, 1.82) is 0 Å². The van der Waals surface area contributed by atoms with Gasteiger partial charge in [-0.1, -0.05) is 6.07 Å². The summed E-state index contributed by atoms with van der Waals surface area (Å²) in [6.07, 6.45) is 5.32. The molecule has 0 unspecified atom stereocenters. The third-order valence-corrected chi connectivity index (χ3v) is 5.74. The minimum atomic E-state index is -0.330. The molecule has 1 aromatic carbocycles. The van der Waals surface area contributed by atoms with Crippen LogP contribution in [-0.4, -0.2) is 25.5 Å². The Morgan fingerprint density at radius 2 is 2.06 bits per heavy atom. The van der Waals surface area contributed by atoms with Crippen molar-refractivity contribution in [3.8, 4) is 5.69 Å². The van der Waals surface area contributed by atoms with Gasteiger partial charge in [0.15, 0.2) is 0 Å². The molecule has 4 aromatic rings. The molecule has 3 aromatic heterocycles. The number of rotatable bonds is 6. The Kier molecular flexibility index (Phi) is 4.69. The Morgan fingerprint density at radius 1 is 1.23 bits per heavy atom. The van der Waals surface area contributed by atoms with E-state index in [4.69, 9.17) is 4.42 Å². The Balaban J connectivity index is 1.54. The van der Waals surface area contributed by atoms with Crippen LogP contribution in [0.3, 0.4) is 0 Å². The molecule has 158 valence electrons. The molecule has 1 N–H and O–H groups in total. The quantitative estimate of drug-likeness (QED) is 0.520. The summed E-state index contributed by atoms with van der Waals surface area (Å²) in [5.74, 6) is 0.651. The topological polar surface area (TPSA) is 94.9 Å². The summed E-state index contributed by atoms with van der Waals surface area (Å²) in [6, 6.07) is 9.52. The van der Waals surface area contributed by atoms with E-state index in [1.807, 2.05) is 32.0 Å². The summed E-state index contributed by atoms with van der Waals surface area (Å²) in [4.78, 5) is 25.8. The van der Waals surface area contributed by atoms with Crippen LogP contribution in [0, 0.1) is 13.8 Å². The van der Waals surface area contributed by atoms with Crippen molar-refractivity contribution in [2.75, 3.05) is 0 Å². The molecule has 31 heavy (non-hydrogen) atoms. The van der Waals surface area contributed by atoms with Gasteiger partial charge in [0, 0.05) is 11.3 Å². The predicted octanol–water partition coefficient (Wildman–Crippen LogP) is 2.99. The molecule has 5 rings (SSSR count). The van der Waals surface area contributed by atoms with E-state index in [0.29, 0.717) is 17.2 Å². The number of carbonyl (C=O) groups excluding carboxylic acids is 1. The molecule has 0 atom stereocenters. The van der Waals surface area contributed by atoms with Gasteiger partial charge >= 0.3 is 0 Å². The summed E-state index contributed by atoms with van der Waals surface area (Å²) in [5, 5.41) is 12.6. The molecule has 0 spiro atoms. The first kappa shape index (κ1) is 19.3. The summed E-state index contributed by atoms with van der Waals surface area (Å²) in [6.45, 7) is 4.18. The van der Waals surface area contributed by atoms with Crippen LogP contribution in [-0.2, 0) is 17.9 Å². The molecule has 1 fully saturated rings. The van der Waals surface area contributed by atoms with Gasteiger partial charge in [-0.15, -0.1) is 0 Å². The first-order valence-corrected chi connectivity index (χ1v) is 10.4. The van der Waals surface area contributed by atoms with Crippen LogP contribution >= 0.6 is 0 Å². The number of furan rings is 1. The van der Waals surface area contributed by atoms with Crippen LogP contribution in [0.5, 0.6) is 0 Å². The highest BCUT2D eigenvalue weighted by molar-refractivity contribution is 5.83. The van der Waals surface area contributed by atoms with Crippen LogP contribution in [0.15, 0.2) is 52.0 Å². The molecule has 1 saturated carbocycles. The molecule has 1 aliphatic carbocycles. The largest absolute Gasteiger partial charge is 0.467 e. The maximum Gasteiger partial charge on any atom is 0.293 e. The van der Waals surface area contributed by atoms with Crippen LogP contribution in [0.25, 0.3) is 16.6 Å². The molecular formula is C23H23N5O3. The molecule has 1 aliphatic rings. The molecule has 1 amide bonds. The van der Waals surface area contributed by atoms with E-state index < -0.39 is 0 Å². The number of nitrogens with zero attached hydrogens (tertiary/aromatic N) is 4. The lowest BCUT2D eigenvalue weighted by molar-refractivity contribution is -0.122. The highest BCUT2D eigenvalue weighted by Gasteiger charge is 2.30. The van der Waals surface area contributed by atoms with E-state index in [1.54, 1.807) is 29.3 Å². The predicted molar refractivity (Wildman–Crippen MR) is 115 cm³/mol. The molecule has 0 bridgehead atoms. The summed E-state index contributed by atoms with van der Waals surface area (Å²) >= 11 is 0. The van der Waals surface area contributed by atoms with Crippen molar-refractivity contribution in [2.45, 2.75) is 45.7 Å². The van der Waals surface area contributed by atoms with Crippen LogP contribution in [0.2, 0.25) is 0 Å². The van der Waals surface area contributed by atoms with Crippen molar-refractivity contribution in [1.82, 2.24) is 24.9 Å². The van der Waals surface area contributed by atoms with Crippen molar-refractivity contribution in [2.24, 2.45) is 0 Å². The number of amides is 1. The summed E-state index contributed by atoms with van der Waals surface area (Å²) in [5.41, 5.74) is 4.07. The van der Waals surface area contributed by atoms with Gasteiger partial charge in [0.05, 0.1) is 30.4 Å². The SMILES string of the molecule is Cc1ccc(-n2ncc3c(C4CC4)nn(CC(=O)NCc4ccco4)c(=O)c32)cc1C. The van der Waals surface area contributed by atoms with Gasteiger partial charge in [0.25, 0.3) is 5.56 Å². The average Bonchev–Trinajstić information content (AvgIpc) is 3.28. The lowest BCUT2D eigenvalue weighted by Crippen LogP contribution is -2.34. The molecule has 0 radical (unpaired) electrons. The van der Waals surface area contributed by atoms with Gasteiger partial charge in [-0.2, -0.15) is 10.2 Å². The van der Waals surface area contributed by atoms with E-state index >= 15 is 0 Å². The van der Waals surface area contributed by atoms with Crippen LogP contribution < -0.4 is 10.9 Å². The minimum absolute atomic E-state index is 0.159. The summed E-state index contributed by atoms with van der Waals surface area (Å²) < 4.78 is 8.15. The van der Waals surface area contributed by atoms with Gasteiger partial charge in [-0.05, 0) is 62.1 Å². The Hall–Kier alpha value is -3.68. The van der Waals surface area contributed by atoms with Gasteiger partial charge < -0.3 is 9.73 Å². The molecule has 0 saturated heterocycles. The van der Waals surface area contributed by atoms with Crippen molar-refractivity contribution >= 4 is 16.8 Å². The average molecular weight is 417 g/mol. The zero-order valence-electron chi connectivity index (χ0n) is 17.5. The molecule has 3 heterocycles. The monoisotopic (exact) mass is 417 g/mol. The summed E-state index contributed by atoms with van der Waals surface area (Å²) in [7, 11) is 0. The zero-order chi connectivity index (χ0) is 21.5. The van der Waals surface area contributed by atoms with Crippen LogP contribution in [0.1, 0.15) is 41.3 Å². The number of hydrogen-bond acceptors (Lipinski definition) is 5. The standard InChI is InChI=1S/C23H23N5O3/c1-14-5-8-17(10-15(14)2)28-22-19(12-25-28)21(16-6-7-16)26-27(23(22)30)13-20(29)24-11-18-4-3-9-31-18/h3-5,8-10,12,16H,6-7,11,13H2,1-2H3,(H,24,29). The zero-order valence-corrected chi connectivity index (χ0v) is 17.5. The van der Waals surface area contributed by atoms with E-state index in [-0.39, 0.29) is 24.6 Å². The molecular weight excluding hydrogens is 394 g/mol. The Labute approximate surface area is 178 Å². The third-order valence-electron chi connectivity index (χ3n) is 5.74. The number of aryl methyl sites for hydroxylation is 2. The van der Waals surface area contributed by atoms with Crippen molar-refractivity contribution in [3.05, 3.63) is 75.7 Å². The number of fused-ring (bicyclic) bond motifs is 1. The second-order valence-electron chi connectivity index (χ2n) is 8.07. The Morgan fingerprint density at radius 3 is 2.77 bits per heavy atom. The first-order valence-electron chi connectivity index (χ1n) is 10.4. The van der Waals surface area contributed by atoms with E-state index in [9.17, 15) is 9.59 Å². The minimum Gasteiger partial charge on any atom is -0.467 e. The third kappa shape index (κ3) is 3.65. The first-order chi connectivity index (χ1) is 15.0. The normalized spacial score (nSPS) is 13.6. The fraction of sp³-hybridized carbons (Fsp3) is 0.304. The van der Waals surface area contributed by atoms with Crippen molar-refractivity contribution in [3.63, 3.8) is 0 Å². The van der Waals surface area contributed by atoms with Crippen molar-refractivity contribution < 1.29 is 9.21 Å². The highest BCUT2D eigenvalue weighted by Crippen LogP contribution is 2.41. The maximum atomic E-state index is 13.3. The smallest absolute Gasteiger partial charge is 0.293 e. The number of nitrogens with one attached hydrogen (secondary N) is 1. The van der Waals surface area contributed by atoms with Gasteiger partial charge in [0.1, 0.15) is 17.8 Å². The number of benzene rings is 1. The Bertz CT molecular complexity index is 1330. The van der Waals surface area contributed by atoms with Gasteiger partial charge in [0.2, 0.25) is 5.91 Å². The molecule has 0 aliphatic heterocycles. The number of carbonyl (C=O) groups is 1. The lowest BCUT2D eigenvalue weighted by Gasteiger charge is -2.11. The second kappa shape index (κ2) is 7.54. The maximum absolute atomic E-state index is 13.3. The fourth-order valence-electron chi connectivity index (χ4n) is 3.70. The molecule has 8 nitrogen and oxygen atoms in total. The van der Waals surface area contributed by atoms with Gasteiger partial charge in [-0.3, -0.25) is 9.59 Å². The van der Waals surface area contributed by atoms with Crippen LogP contribution in [0.4, 0.5) is 0 Å². The second-order valence-corrected chi connectivity index (χ2v) is 8.07. The number of hydrogen-bond donors (Lipinski definition) is 1. The lowest BCUT2D eigenvalue weighted by atomic mass is 10.1. The highest BCUT2D eigenvalue weighted by atomic mass is 16.3. The van der Waals surface area contributed by atoms with E-state index in [1.165, 1.54) is 10.2 Å².